The Hall–Kier alpha value is -1.17. The lowest BCUT2D eigenvalue weighted by Gasteiger charge is -2.13. The van der Waals surface area contributed by atoms with E-state index < -0.39 is 0 Å². The standard InChI is InChI=1S/C11H19N3O2/c1-15-7-8-16-6-4-10(12)9-3-2-5-14-11(9)13/h2-3,5,10H,4,6-8,12H2,1H3,(H2,13,14). The number of nitrogens with two attached hydrogens (primary N) is 2. The second-order valence-corrected chi connectivity index (χ2v) is 3.48. The molecule has 0 radical (unpaired) electrons. The van der Waals surface area contributed by atoms with Gasteiger partial charge < -0.3 is 20.9 Å². The topological polar surface area (TPSA) is 83.4 Å². The third kappa shape index (κ3) is 4.14. The van der Waals surface area contributed by atoms with E-state index in [-0.39, 0.29) is 6.04 Å². The Kier molecular flexibility index (Phi) is 5.77. The number of hydrogen-bond acceptors (Lipinski definition) is 5. The number of methoxy groups -OCH3 is 1. The number of aromatic nitrogens is 1. The smallest absolute Gasteiger partial charge is 0.128 e. The highest BCUT2D eigenvalue weighted by Crippen LogP contribution is 2.18. The molecule has 1 atom stereocenters. The molecule has 5 nitrogen and oxygen atoms in total. The minimum absolute atomic E-state index is 0.128. The van der Waals surface area contributed by atoms with Gasteiger partial charge in [-0.15, -0.1) is 0 Å². The van der Waals surface area contributed by atoms with Crippen molar-refractivity contribution in [3.8, 4) is 0 Å². The summed E-state index contributed by atoms with van der Waals surface area (Å²) in [7, 11) is 1.64. The maximum absolute atomic E-state index is 5.98. The number of rotatable bonds is 7. The van der Waals surface area contributed by atoms with Crippen molar-refractivity contribution in [2.75, 3.05) is 32.7 Å². The molecule has 1 aromatic heterocycles. The first-order chi connectivity index (χ1) is 7.75. The summed E-state index contributed by atoms with van der Waals surface area (Å²) in [4.78, 5) is 3.99. The molecule has 16 heavy (non-hydrogen) atoms. The molecule has 0 saturated heterocycles. The number of hydrogen-bond donors (Lipinski definition) is 2. The Morgan fingerprint density at radius 2 is 2.19 bits per heavy atom. The van der Waals surface area contributed by atoms with Gasteiger partial charge in [-0.1, -0.05) is 6.07 Å². The van der Waals surface area contributed by atoms with E-state index in [1.54, 1.807) is 13.3 Å². The number of ether oxygens (including phenoxy) is 2. The van der Waals surface area contributed by atoms with Crippen molar-refractivity contribution in [2.24, 2.45) is 5.73 Å². The highest BCUT2D eigenvalue weighted by atomic mass is 16.5. The van der Waals surface area contributed by atoms with Crippen LogP contribution in [0.2, 0.25) is 0 Å². The molecular formula is C11H19N3O2. The molecule has 90 valence electrons. The Morgan fingerprint density at radius 3 is 2.88 bits per heavy atom. The summed E-state index contributed by atoms with van der Waals surface area (Å²) in [6.07, 6.45) is 2.38. The van der Waals surface area contributed by atoms with E-state index in [4.69, 9.17) is 20.9 Å². The lowest BCUT2D eigenvalue weighted by atomic mass is 10.1. The third-order valence-electron chi connectivity index (χ3n) is 2.28. The molecule has 0 saturated carbocycles. The minimum Gasteiger partial charge on any atom is -0.383 e. The van der Waals surface area contributed by atoms with Gasteiger partial charge in [0.1, 0.15) is 5.82 Å². The third-order valence-corrected chi connectivity index (χ3v) is 2.28. The first-order valence-corrected chi connectivity index (χ1v) is 5.28. The largest absolute Gasteiger partial charge is 0.383 e. The molecule has 0 bridgehead atoms. The van der Waals surface area contributed by atoms with Crippen molar-refractivity contribution in [3.63, 3.8) is 0 Å². The summed E-state index contributed by atoms with van der Waals surface area (Å²) in [5.74, 6) is 0.492. The van der Waals surface area contributed by atoms with Crippen molar-refractivity contribution >= 4 is 5.82 Å². The van der Waals surface area contributed by atoms with E-state index >= 15 is 0 Å². The second-order valence-electron chi connectivity index (χ2n) is 3.48. The quantitative estimate of drug-likeness (QED) is 0.668. The van der Waals surface area contributed by atoms with Gasteiger partial charge in [0.15, 0.2) is 0 Å². The fourth-order valence-corrected chi connectivity index (χ4v) is 1.35. The van der Waals surface area contributed by atoms with Gasteiger partial charge >= 0.3 is 0 Å². The first kappa shape index (κ1) is 12.9. The Bertz CT molecular complexity index is 307. The number of nitrogens with zero attached hydrogens (tertiary/aromatic N) is 1. The highest BCUT2D eigenvalue weighted by molar-refractivity contribution is 5.40. The van der Waals surface area contributed by atoms with Crippen LogP contribution in [0.3, 0.4) is 0 Å². The molecule has 0 aliphatic carbocycles. The van der Waals surface area contributed by atoms with E-state index in [1.807, 2.05) is 12.1 Å². The van der Waals surface area contributed by atoms with Crippen LogP contribution in [0, 0.1) is 0 Å². The molecule has 0 aliphatic heterocycles. The van der Waals surface area contributed by atoms with Crippen molar-refractivity contribution in [1.29, 1.82) is 0 Å². The molecule has 0 aliphatic rings. The summed E-state index contributed by atoms with van der Waals surface area (Å²) in [6.45, 7) is 1.79. The average Bonchev–Trinajstić information content (AvgIpc) is 2.29. The van der Waals surface area contributed by atoms with Crippen molar-refractivity contribution < 1.29 is 9.47 Å². The zero-order valence-electron chi connectivity index (χ0n) is 9.56. The SMILES string of the molecule is COCCOCCC(N)c1cccnc1N. The highest BCUT2D eigenvalue weighted by Gasteiger charge is 2.09. The molecule has 0 aromatic carbocycles. The van der Waals surface area contributed by atoms with Crippen LogP contribution in [0.1, 0.15) is 18.0 Å². The summed E-state index contributed by atoms with van der Waals surface area (Å²) >= 11 is 0. The van der Waals surface area contributed by atoms with Crippen molar-refractivity contribution in [2.45, 2.75) is 12.5 Å². The van der Waals surface area contributed by atoms with Gasteiger partial charge in [0.05, 0.1) is 13.2 Å². The normalized spacial score (nSPS) is 12.6. The molecule has 1 rings (SSSR count). The zero-order chi connectivity index (χ0) is 11.8. The molecule has 1 unspecified atom stereocenters. The van der Waals surface area contributed by atoms with E-state index in [0.29, 0.717) is 25.6 Å². The van der Waals surface area contributed by atoms with Crippen LogP contribution >= 0.6 is 0 Å². The molecule has 0 amide bonds. The Morgan fingerprint density at radius 1 is 1.38 bits per heavy atom. The van der Waals surface area contributed by atoms with E-state index in [1.165, 1.54) is 0 Å². The molecule has 0 fully saturated rings. The van der Waals surface area contributed by atoms with E-state index in [9.17, 15) is 0 Å². The molecular weight excluding hydrogens is 206 g/mol. The first-order valence-electron chi connectivity index (χ1n) is 5.28. The predicted octanol–water partition coefficient (Wildman–Crippen LogP) is 0.717. The van der Waals surface area contributed by atoms with Gasteiger partial charge in [0, 0.05) is 31.5 Å². The van der Waals surface area contributed by atoms with E-state index in [0.717, 1.165) is 12.0 Å². The molecule has 5 heteroatoms. The van der Waals surface area contributed by atoms with Gasteiger partial charge in [0.2, 0.25) is 0 Å². The maximum Gasteiger partial charge on any atom is 0.128 e. The summed E-state index contributed by atoms with van der Waals surface area (Å²) < 4.78 is 10.2. The summed E-state index contributed by atoms with van der Waals surface area (Å²) in [5, 5.41) is 0. The number of nitrogen functional groups attached to an aromatic ring is 1. The Labute approximate surface area is 95.7 Å². The Balaban J connectivity index is 2.30. The zero-order valence-corrected chi connectivity index (χ0v) is 9.56. The van der Waals surface area contributed by atoms with Crippen LogP contribution < -0.4 is 11.5 Å². The van der Waals surface area contributed by atoms with Crippen LogP contribution in [-0.2, 0) is 9.47 Å². The maximum atomic E-state index is 5.98. The van der Waals surface area contributed by atoms with Crippen LogP contribution in [-0.4, -0.2) is 31.9 Å². The van der Waals surface area contributed by atoms with E-state index in [2.05, 4.69) is 4.98 Å². The van der Waals surface area contributed by atoms with Crippen LogP contribution in [0.5, 0.6) is 0 Å². The van der Waals surface area contributed by atoms with Crippen LogP contribution in [0.15, 0.2) is 18.3 Å². The van der Waals surface area contributed by atoms with Gasteiger partial charge in [-0.25, -0.2) is 4.98 Å². The average molecular weight is 225 g/mol. The monoisotopic (exact) mass is 225 g/mol. The summed E-state index contributed by atoms with van der Waals surface area (Å²) in [6, 6.07) is 3.59. The number of anilines is 1. The molecule has 0 spiro atoms. The van der Waals surface area contributed by atoms with Gasteiger partial charge in [-0.3, -0.25) is 0 Å². The van der Waals surface area contributed by atoms with Gasteiger partial charge in [0.25, 0.3) is 0 Å². The fraction of sp³-hybridized carbons (Fsp3) is 0.545. The molecule has 1 aromatic rings. The van der Waals surface area contributed by atoms with Crippen molar-refractivity contribution in [3.05, 3.63) is 23.9 Å². The minimum atomic E-state index is -0.128. The molecule has 4 N–H and O–H groups in total. The second kappa shape index (κ2) is 7.16. The lowest BCUT2D eigenvalue weighted by molar-refractivity contribution is 0.0672. The summed E-state index contributed by atoms with van der Waals surface area (Å²) in [5.41, 5.74) is 12.6. The predicted molar refractivity (Wildman–Crippen MR) is 62.9 cm³/mol. The van der Waals surface area contributed by atoms with Crippen molar-refractivity contribution in [1.82, 2.24) is 4.98 Å². The number of pyridine rings is 1. The van der Waals surface area contributed by atoms with Crippen LogP contribution in [0.25, 0.3) is 0 Å². The van der Waals surface area contributed by atoms with Crippen LogP contribution in [0.4, 0.5) is 5.82 Å². The fourth-order valence-electron chi connectivity index (χ4n) is 1.35. The van der Waals surface area contributed by atoms with Gasteiger partial charge in [-0.2, -0.15) is 0 Å². The van der Waals surface area contributed by atoms with Gasteiger partial charge in [-0.05, 0) is 12.5 Å². The lowest BCUT2D eigenvalue weighted by Crippen LogP contribution is -2.16. The molecule has 1 heterocycles.